The van der Waals surface area contributed by atoms with Crippen LogP contribution in [0.3, 0.4) is 0 Å². The molecule has 3 rings (SSSR count). The van der Waals surface area contributed by atoms with Crippen LogP contribution in [0.15, 0.2) is 70.9 Å². The Kier molecular flexibility index (Phi) is 7.82. The Morgan fingerprint density at radius 2 is 1.90 bits per heavy atom. The number of hydrazone groups is 1. The minimum Gasteiger partial charge on any atom is -0.302 e. The molecule has 154 valence electrons. The number of benzene rings is 2. The molecule has 2 aromatic carbocycles. The van der Waals surface area contributed by atoms with Crippen molar-refractivity contribution >= 4 is 41.1 Å². The quantitative estimate of drug-likeness (QED) is 0.307. The van der Waals surface area contributed by atoms with Crippen LogP contribution in [0.5, 0.6) is 0 Å². The molecule has 1 N–H and O–H groups in total. The molecule has 0 spiro atoms. The van der Waals surface area contributed by atoms with Crippen molar-refractivity contribution < 1.29 is 4.79 Å². The van der Waals surface area contributed by atoms with Crippen molar-refractivity contribution in [3.05, 3.63) is 71.3 Å². The molecular formula is C22H22ClN5OS. The Hall–Kier alpha value is -2.90. The summed E-state index contributed by atoms with van der Waals surface area (Å²) in [6.07, 6.45) is 3.80. The molecule has 0 radical (unpaired) electrons. The number of aromatic nitrogens is 3. The first kappa shape index (κ1) is 21.8. The Labute approximate surface area is 185 Å². The lowest BCUT2D eigenvalue weighted by Crippen LogP contribution is -2.21. The third kappa shape index (κ3) is 6.05. The van der Waals surface area contributed by atoms with Crippen molar-refractivity contribution in [1.82, 2.24) is 20.2 Å². The summed E-state index contributed by atoms with van der Waals surface area (Å²) in [5.74, 6) is 0.737. The first-order valence-corrected chi connectivity index (χ1v) is 10.8. The van der Waals surface area contributed by atoms with Gasteiger partial charge in [-0.15, -0.1) is 10.2 Å². The number of nitrogens with zero attached hydrogens (tertiary/aromatic N) is 4. The average Bonchev–Trinajstić information content (AvgIpc) is 3.19. The highest BCUT2D eigenvalue weighted by molar-refractivity contribution is 7.99. The van der Waals surface area contributed by atoms with Crippen molar-refractivity contribution in [2.45, 2.75) is 25.5 Å². The summed E-state index contributed by atoms with van der Waals surface area (Å²) in [4.78, 5) is 12.2. The van der Waals surface area contributed by atoms with Crippen LogP contribution in [0, 0.1) is 0 Å². The van der Waals surface area contributed by atoms with E-state index in [-0.39, 0.29) is 11.7 Å². The molecule has 0 aliphatic heterocycles. The van der Waals surface area contributed by atoms with E-state index in [1.807, 2.05) is 85.2 Å². The van der Waals surface area contributed by atoms with Crippen LogP contribution in [0.2, 0.25) is 5.02 Å². The van der Waals surface area contributed by atoms with E-state index in [1.54, 1.807) is 0 Å². The number of hydrogen-bond donors (Lipinski definition) is 1. The molecule has 8 heteroatoms. The minimum atomic E-state index is -0.203. The van der Waals surface area contributed by atoms with Gasteiger partial charge in [-0.3, -0.25) is 4.79 Å². The van der Waals surface area contributed by atoms with E-state index < -0.39 is 0 Å². The van der Waals surface area contributed by atoms with Crippen molar-refractivity contribution in [2.75, 3.05) is 5.75 Å². The van der Waals surface area contributed by atoms with Gasteiger partial charge in [-0.05, 0) is 49.8 Å². The van der Waals surface area contributed by atoms with Gasteiger partial charge in [-0.25, -0.2) is 5.43 Å². The summed E-state index contributed by atoms with van der Waals surface area (Å²) in [6, 6.07) is 17.4. The van der Waals surface area contributed by atoms with E-state index in [4.69, 9.17) is 11.6 Å². The molecule has 30 heavy (non-hydrogen) atoms. The maximum absolute atomic E-state index is 12.2. The number of hydrogen-bond acceptors (Lipinski definition) is 5. The fourth-order valence-electron chi connectivity index (χ4n) is 2.62. The molecule has 0 fully saturated rings. The van der Waals surface area contributed by atoms with Crippen LogP contribution >= 0.6 is 23.4 Å². The van der Waals surface area contributed by atoms with Gasteiger partial charge in [0, 0.05) is 17.1 Å². The molecule has 0 saturated carbocycles. The van der Waals surface area contributed by atoms with Crippen molar-refractivity contribution in [3.8, 4) is 11.4 Å². The third-order valence-electron chi connectivity index (χ3n) is 4.14. The maximum atomic E-state index is 12.2. The summed E-state index contributed by atoms with van der Waals surface area (Å²) < 4.78 is 1.97. The van der Waals surface area contributed by atoms with Gasteiger partial charge in [-0.1, -0.05) is 59.8 Å². The molecule has 1 amide bonds. The van der Waals surface area contributed by atoms with E-state index in [0.29, 0.717) is 22.4 Å². The van der Waals surface area contributed by atoms with E-state index in [0.717, 1.165) is 17.0 Å². The van der Waals surface area contributed by atoms with E-state index >= 15 is 0 Å². The summed E-state index contributed by atoms with van der Waals surface area (Å²) in [6.45, 7) is 4.54. The van der Waals surface area contributed by atoms with Gasteiger partial charge in [0.15, 0.2) is 11.0 Å². The van der Waals surface area contributed by atoms with Crippen LogP contribution in [0.1, 0.15) is 19.4 Å². The predicted octanol–water partition coefficient (Wildman–Crippen LogP) is 4.92. The third-order valence-corrected chi connectivity index (χ3v) is 5.36. The van der Waals surface area contributed by atoms with E-state index in [9.17, 15) is 4.79 Å². The van der Waals surface area contributed by atoms with Crippen LogP contribution in [0.25, 0.3) is 17.5 Å². The molecule has 0 aliphatic rings. The molecule has 0 aliphatic carbocycles. The zero-order valence-corrected chi connectivity index (χ0v) is 18.3. The smallest absolute Gasteiger partial charge is 0.250 e. The van der Waals surface area contributed by atoms with Gasteiger partial charge in [0.1, 0.15) is 0 Å². The zero-order valence-electron chi connectivity index (χ0n) is 16.7. The van der Waals surface area contributed by atoms with Crippen LogP contribution in [0.4, 0.5) is 0 Å². The largest absolute Gasteiger partial charge is 0.302 e. The second kappa shape index (κ2) is 10.8. The topological polar surface area (TPSA) is 72.2 Å². The summed E-state index contributed by atoms with van der Waals surface area (Å²) in [7, 11) is 0. The Bertz CT molecular complexity index is 1050. The predicted molar refractivity (Wildman–Crippen MR) is 124 cm³/mol. The van der Waals surface area contributed by atoms with Gasteiger partial charge in [-0.2, -0.15) is 5.10 Å². The van der Waals surface area contributed by atoms with Crippen molar-refractivity contribution in [2.24, 2.45) is 5.10 Å². The SMILES string of the molecule is CCn1c(SCC(=O)N/N=C(C)/C=C/c2ccccc2)nnc1-c1ccc(Cl)cc1. The summed E-state index contributed by atoms with van der Waals surface area (Å²) >= 11 is 7.28. The highest BCUT2D eigenvalue weighted by Gasteiger charge is 2.14. The molecule has 0 unspecified atom stereocenters. The highest BCUT2D eigenvalue weighted by Crippen LogP contribution is 2.25. The van der Waals surface area contributed by atoms with Gasteiger partial charge in [0.2, 0.25) is 0 Å². The van der Waals surface area contributed by atoms with Gasteiger partial charge < -0.3 is 4.57 Å². The highest BCUT2D eigenvalue weighted by atomic mass is 35.5. The second-order valence-electron chi connectivity index (χ2n) is 6.38. The molecular weight excluding hydrogens is 418 g/mol. The number of carbonyl (C=O) groups is 1. The fraction of sp³-hybridized carbons (Fsp3) is 0.182. The van der Waals surface area contributed by atoms with Crippen LogP contribution in [-0.4, -0.2) is 32.1 Å². The molecule has 1 aromatic heterocycles. The van der Waals surface area contributed by atoms with Gasteiger partial charge in [0.05, 0.1) is 11.5 Å². The Balaban J connectivity index is 1.57. The normalized spacial score (nSPS) is 11.8. The lowest BCUT2D eigenvalue weighted by molar-refractivity contribution is -0.118. The van der Waals surface area contributed by atoms with Gasteiger partial charge >= 0.3 is 0 Å². The Morgan fingerprint density at radius 1 is 1.17 bits per heavy atom. The number of carbonyl (C=O) groups excluding carboxylic acids is 1. The van der Waals surface area contributed by atoms with Crippen molar-refractivity contribution in [3.63, 3.8) is 0 Å². The first-order chi connectivity index (χ1) is 14.6. The maximum Gasteiger partial charge on any atom is 0.250 e. The monoisotopic (exact) mass is 439 g/mol. The first-order valence-electron chi connectivity index (χ1n) is 9.45. The van der Waals surface area contributed by atoms with Crippen LogP contribution < -0.4 is 5.43 Å². The number of allylic oxidation sites excluding steroid dienone is 1. The average molecular weight is 440 g/mol. The number of rotatable bonds is 8. The lowest BCUT2D eigenvalue weighted by atomic mass is 10.2. The zero-order chi connectivity index (χ0) is 21.3. The number of halogens is 1. The minimum absolute atomic E-state index is 0.192. The standard InChI is InChI=1S/C22H22ClN5OS/c1-3-28-21(18-11-13-19(23)14-12-18)26-27-22(28)30-15-20(29)25-24-16(2)9-10-17-7-5-4-6-8-17/h4-14H,3,15H2,1-2H3,(H,25,29)/b10-9+,24-16+. The number of nitrogens with one attached hydrogen (secondary N) is 1. The molecule has 6 nitrogen and oxygen atoms in total. The summed E-state index contributed by atoms with van der Waals surface area (Å²) in [5.41, 5.74) is 5.28. The molecule has 0 saturated heterocycles. The lowest BCUT2D eigenvalue weighted by Gasteiger charge is -2.07. The van der Waals surface area contributed by atoms with Crippen molar-refractivity contribution in [1.29, 1.82) is 0 Å². The molecule has 1 heterocycles. The molecule has 0 atom stereocenters. The molecule has 3 aromatic rings. The fourth-order valence-corrected chi connectivity index (χ4v) is 3.54. The van der Waals surface area contributed by atoms with E-state index in [2.05, 4.69) is 20.7 Å². The van der Waals surface area contributed by atoms with Crippen LogP contribution in [-0.2, 0) is 11.3 Å². The second-order valence-corrected chi connectivity index (χ2v) is 7.76. The molecule has 0 bridgehead atoms. The van der Waals surface area contributed by atoms with Gasteiger partial charge in [0.25, 0.3) is 5.91 Å². The number of amides is 1. The Morgan fingerprint density at radius 3 is 2.60 bits per heavy atom. The summed E-state index contributed by atoms with van der Waals surface area (Å²) in [5, 5.41) is 14.0. The number of thioether (sulfide) groups is 1. The van der Waals surface area contributed by atoms with E-state index in [1.165, 1.54) is 11.8 Å².